The minimum atomic E-state index is -5.10. The first-order valence-corrected chi connectivity index (χ1v) is 12.5. The third-order valence-corrected chi connectivity index (χ3v) is 6.27. The number of carbonyl (C=O) groups is 3. The number of hydrogen-bond donors (Lipinski definition) is 1. The SMILES string of the molecule is CCOC(=O)N1C=C(c2ccccc2)N(N(C(C)=O)C(Cc2ccccc2)C(O)C(F)(F)F)C(=O)C1C(C)C. The average Bonchev–Trinajstić information content (AvgIpc) is 2.88. The van der Waals surface area contributed by atoms with E-state index in [1.165, 1.54) is 6.20 Å². The number of halogens is 3. The van der Waals surface area contributed by atoms with Crippen LogP contribution in [0, 0.1) is 5.92 Å². The van der Waals surface area contributed by atoms with E-state index in [0.29, 0.717) is 16.1 Å². The molecule has 8 nitrogen and oxygen atoms in total. The van der Waals surface area contributed by atoms with Gasteiger partial charge in [-0.1, -0.05) is 74.5 Å². The fraction of sp³-hybridized carbons (Fsp3) is 0.393. The van der Waals surface area contributed by atoms with Crippen LogP contribution in [0.3, 0.4) is 0 Å². The summed E-state index contributed by atoms with van der Waals surface area (Å²) in [5.74, 6) is -2.23. The molecule has 0 saturated heterocycles. The normalized spacial score (nSPS) is 17.5. The minimum Gasteiger partial charge on any atom is -0.449 e. The lowest BCUT2D eigenvalue weighted by Gasteiger charge is -2.47. The summed E-state index contributed by atoms with van der Waals surface area (Å²) in [6.45, 7) is 5.99. The second-order valence-electron chi connectivity index (χ2n) is 9.43. The number of carbonyl (C=O) groups excluding carboxylic acids is 3. The highest BCUT2D eigenvalue weighted by Gasteiger charge is 2.51. The van der Waals surface area contributed by atoms with Gasteiger partial charge in [0.1, 0.15) is 6.04 Å². The quantitative estimate of drug-likeness (QED) is 0.522. The van der Waals surface area contributed by atoms with Crippen molar-refractivity contribution in [2.75, 3.05) is 6.61 Å². The van der Waals surface area contributed by atoms with E-state index in [-0.39, 0.29) is 12.3 Å². The molecule has 3 atom stereocenters. The molecule has 39 heavy (non-hydrogen) atoms. The van der Waals surface area contributed by atoms with E-state index in [2.05, 4.69) is 0 Å². The standard InChI is InChI=1S/C28H32F3N3O5/c1-5-39-27(38)32-17-23(21-14-10-7-11-15-21)34(26(37)24(32)18(2)3)33(19(4)35)22(25(36)28(29,30)31)16-20-12-8-6-9-13-20/h6-15,17-18,22,24-25,36H,5,16H2,1-4H3. The Morgan fingerprint density at radius 3 is 2.10 bits per heavy atom. The van der Waals surface area contributed by atoms with Crippen molar-refractivity contribution in [2.24, 2.45) is 5.92 Å². The molecule has 0 aromatic heterocycles. The monoisotopic (exact) mass is 547 g/mol. The molecular weight excluding hydrogens is 515 g/mol. The molecule has 2 aromatic rings. The summed E-state index contributed by atoms with van der Waals surface area (Å²) in [6, 6.07) is 13.2. The van der Waals surface area contributed by atoms with Crippen LogP contribution >= 0.6 is 0 Å². The summed E-state index contributed by atoms with van der Waals surface area (Å²) in [5.41, 5.74) is 0.752. The van der Waals surface area contributed by atoms with Gasteiger partial charge in [0.25, 0.3) is 5.91 Å². The van der Waals surface area contributed by atoms with Crippen LogP contribution in [0.1, 0.15) is 38.8 Å². The molecule has 0 aliphatic carbocycles. The first-order chi connectivity index (χ1) is 18.4. The van der Waals surface area contributed by atoms with Crippen molar-refractivity contribution in [1.82, 2.24) is 14.9 Å². The van der Waals surface area contributed by atoms with E-state index in [1.54, 1.807) is 81.4 Å². The largest absolute Gasteiger partial charge is 0.449 e. The fourth-order valence-corrected chi connectivity index (χ4v) is 4.56. The second-order valence-corrected chi connectivity index (χ2v) is 9.43. The lowest BCUT2D eigenvalue weighted by atomic mass is 9.97. The number of alkyl halides is 3. The zero-order valence-corrected chi connectivity index (χ0v) is 22.1. The van der Waals surface area contributed by atoms with Gasteiger partial charge in [-0.3, -0.25) is 14.5 Å². The number of hydrazine groups is 1. The second kappa shape index (κ2) is 12.3. The Hall–Kier alpha value is -3.86. The van der Waals surface area contributed by atoms with E-state index >= 15 is 0 Å². The third-order valence-electron chi connectivity index (χ3n) is 6.27. The topological polar surface area (TPSA) is 90.4 Å². The van der Waals surface area contributed by atoms with Crippen molar-refractivity contribution in [2.45, 2.75) is 58.5 Å². The molecule has 3 unspecified atom stereocenters. The van der Waals surface area contributed by atoms with Crippen LogP contribution in [0.4, 0.5) is 18.0 Å². The van der Waals surface area contributed by atoms with Crippen LogP contribution in [0.2, 0.25) is 0 Å². The number of rotatable bonds is 8. The number of aliphatic hydroxyl groups excluding tert-OH is 1. The first-order valence-electron chi connectivity index (χ1n) is 12.5. The predicted octanol–water partition coefficient (Wildman–Crippen LogP) is 4.61. The molecule has 2 aromatic carbocycles. The van der Waals surface area contributed by atoms with Gasteiger partial charge in [0.05, 0.1) is 18.3 Å². The molecule has 1 N–H and O–H groups in total. The predicted molar refractivity (Wildman–Crippen MR) is 137 cm³/mol. The van der Waals surface area contributed by atoms with E-state index in [0.717, 1.165) is 16.8 Å². The molecule has 0 radical (unpaired) electrons. The van der Waals surface area contributed by atoms with E-state index < -0.39 is 54.6 Å². The van der Waals surface area contributed by atoms with Gasteiger partial charge in [-0.2, -0.15) is 13.2 Å². The highest BCUT2D eigenvalue weighted by Crippen LogP contribution is 2.36. The van der Waals surface area contributed by atoms with Crippen molar-refractivity contribution in [3.05, 3.63) is 78.0 Å². The van der Waals surface area contributed by atoms with Crippen molar-refractivity contribution < 1.29 is 37.4 Å². The molecule has 210 valence electrons. The van der Waals surface area contributed by atoms with Crippen molar-refractivity contribution in [1.29, 1.82) is 0 Å². The van der Waals surface area contributed by atoms with Crippen LogP contribution in [-0.4, -0.2) is 68.9 Å². The average molecular weight is 548 g/mol. The molecule has 1 aliphatic heterocycles. The zero-order chi connectivity index (χ0) is 28.9. The highest BCUT2D eigenvalue weighted by atomic mass is 19.4. The van der Waals surface area contributed by atoms with E-state index in [9.17, 15) is 32.7 Å². The maximum absolute atomic E-state index is 14.1. The number of aliphatic hydroxyl groups is 1. The molecule has 3 rings (SSSR count). The number of amides is 3. The zero-order valence-electron chi connectivity index (χ0n) is 22.1. The molecule has 0 spiro atoms. The Kier molecular flexibility index (Phi) is 9.39. The van der Waals surface area contributed by atoms with Gasteiger partial charge in [-0.25, -0.2) is 14.8 Å². The van der Waals surface area contributed by atoms with Crippen LogP contribution in [0.15, 0.2) is 66.9 Å². The van der Waals surface area contributed by atoms with E-state index in [1.807, 2.05) is 0 Å². The number of hydrogen-bond acceptors (Lipinski definition) is 5. The summed E-state index contributed by atoms with van der Waals surface area (Å²) in [4.78, 5) is 41.2. The van der Waals surface area contributed by atoms with Gasteiger partial charge in [0.15, 0.2) is 6.10 Å². The summed E-state index contributed by atoms with van der Waals surface area (Å²) in [7, 11) is 0. The van der Waals surface area contributed by atoms with Gasteiger partial charge in [-0.15, -0.1) is 0 Å². The van der Waals surface area contributed by atoms with Crippen molar-refractivity contribution in [3.63, 3.8) is 0 Å². The summed E-state index contributed by atoms with van der Waals surface area (Å²) in [6.07, 6.45) is -8.00. The lowest BCUT2D eigenvalue weighted by molar-refractivity contribution is -0.232. The Morgan fingerprint density at radius 2 is 1.62 bits per heavy atom. The first kappa shape index (κ1) is 29.7. The Morgan fingerprint density at radius 1 is 1.05 bits per heavy atom. The number of benzene rings is 2. The maximum atomic E-state index is 14.1. The van der Waals surface area contributed by atoms with Crippen molar-refractivity contribution in [3.8, 4) is 0 Å². The molecule has 3 amide bonds. The minimum absolute atomic E-state index is 0.0202. The number of ether oxygens (including phenoxy) is 1. The van der Waals surface area contributed by atoms with Gasteiger partial charge in [-0.05, 0) is 24.8 Å². The van der Waals surface area contributed by atoms with Gasteiger partial charge >= 0.3 is 12.3 Å². The molecule has 0 saturated carbocycles. The Bertz CT molecular complexity index is 1190. The maximum Gasteiger partial charge on any atom is 0.416 e. The molecular formula is C28H32F3N3O5. The van der Waals surface area contributed by atoms with Gasteiger partial charge in [0, 0.05) is 18.7 Å². The summed E-state index contributed by atoms with van der Waals surface area (Å²) in [5, 5.41) is 12.0. The smallest absolute Gasteiger partial charge is 0.416 e. The Balaban J connectivity index is 2.27. The van der Waals surface area contributed by atoms with Crippen LogP contribution < -0.4 is 0 Å². The summed E-state index contributed by atoms with van der Waals surface area (Å²) >= 11 is 0. The Labute approximate surface area is 225 Å². The van der Waals surface area contributed by atoms with Crippen LogP contribution in [0.25, 0.3) is 5.70 Å². The highest BCUT2D eigenvalue weighted by molar-refractivity contribution is 5.97. The lowest BCUT2D eigenvalue weighted by Crippen LogP contribution is -2.65. The van der Waals surface area contributed by atoms with Crippen LogP contribution in [-0.2, 0) is 20.7 Å². The van der Waals surface area contributed by atoms with Gasteiger partial charge < -0.3 is 9.84 Å². The molecule has 1 aliphatic rings. The van der Waals surface area contributed by atoms with E-state index in [4.69, 9.17) is 4.74 Å². The fourth-order valence-electron chi connectivity index (χ4n) is 4.56. The summed E-state index contributed by atoms with van der Waals surface area (Å²) < 4.78 is 47.1. The molecule has 0 bridgehead atoms. The number of nitrogens with zero attached hydrogens (tertiary/aromatic N) is 3. The molecule has 11 heteroatoms. The third kappa shape index (κ3) is 6.59. The molecule has 0 fully saturated rings. The van der Waals surface area contributed by atoms with Gasteiger partial charge in [0.2, 0.25) is 5.91 Å². The van der Waals surface area contributed by atoms with Crippen LogP contribution in [0.5, 0.6) is 0 Å². The van der Waals surface area contributed by atoms with Crippen molar-refractivity contribution >= 4 is 23.6 Å². The molecule has 1 heterocycles.